The zero-order valence-electron chi connectivity index (χ0n) is 9.33. The number of rotatable bonds is 4. The molecule has 4 nitrogen and oxygen atoms in total. The van der Waals surface area contributed by atoms with Gasteiger partial charge in [0.05, 0.1) is 0 Å². The van der Waals surface area contributed by atoms with Gasteiger partial charge >= 0.3 is 0 Å². The van der Waals surface area contributed by atoms with E-state index in [1.807, 2.05) is 6.92 Å². The highest BCUT2D eigenvalue weighted by molar-refractivity contribution is 7.89. The van der Waals surface area contributed by atoms with Gasteiger partial charge in [0.15, 0.2) is 0 Å². The maximum Gasteiger partial charge on any atom is 0.241 e. The molecule has 0 aliphatic rings. The van der Waals surface area contributed by atoms with Crippen LogP contribution >= 0.6 is 0 Å². The molecule has 1 heterocycles. The van der Waals surface area contributed by atoms with Gasteiger partial charge in [0, 0.05) is 12.0 Å². The van der Waals surface area contributed by atoms with Crippen molar-refractivity contribution < 1.29 is 12.8 Å². The molecule has 0 saturated carbocycles. The Bertz CT molecular complexity index is 445. The molecule has 86 valence electrons. The van der Waals surface area contributed by atoms with Crippen LogP contribution in [-0.4, -0.2) is 8.42 Å². The van der Waals surface area contributed by atoms with Crippen LogP contribution in [0.5, 0.6) is 0 Å². The molecule has 0 bridgehead atoms. The largest absolute Gasteiger partial charge is 0.465 e. The van der Waals surface area contributed by atoms with Crippen molar-refractivity contribution in [2.45, 2.75) is 44.9 Å². The van der Waals surface area contributed by atoms with Gasteiger partial charge in [-0.3, -0.25) is 0 Å². The van der Waals surface area contributed by atoms with Gasteiger partial charge in [-0.05, 0) is 20.3 Å². The van der Waals surface area contributed by atoms with Crippen LogP contribution in [0.3, 0.4) is 0 Å². The molecule has 0 unspecified atom stereocenters. The first-order chi connectivity index (χ1) is 6.88. The number of nitrogens with two attached hydrogens (primary N) is 1. The smallest absolute Gasteiger partial charge is 0.241 e. The lowest BCUT2D eigenvalue weighted by Gasteiger charge is -2.00. The Kier molecular flexibility index (Phi) is 3.57. The molecule has 0 saturated heterocycles. The summed E-state index contributed by atoms with van der Waals surface area (Å²) in [7, 11) is -3.67. The Hall–Kier alpha value is -0.810. The fourth-order valence-corrected chi connectivity index (χ4v) is 2.58. The van der Waals surface area contributed by atoms with Crippen LogP contribution < -0.4 is 5.14 Å². The van der Waals surface area contributed by atoms with Crippen molar-refractivity contribution in [3.63, 3.8) is 0 Å². The van der Waals surface area contributed by atoms with Crippen LogP contribution in [0.25, 0.3) is 0 Å². The topological polar surface area (TPSA) is 73.3 Å². The molecule has 0 aliphatic heterocycles. The maximum atomic E-state index is 11.4. The number of hydrogen-bond donors (Lipinski definition) is 1. The van der Waals surface area contributed by atoms with E-state index in [9.17, 15) is 8.42 Å². The van der Waals surface area contributed by atoms with E-state index >= 15 is 0 Å². The summed E-state index contributed by atoms with van der Waals surface area (Å²) in [5, 5.41) is 5.16. The Morgan fingerprint density at radius 3 is 2.40 bits per heavy atom. The zero-order valence-corrected chi connectivity index (χ0v) is 10.1. The number of sulfonamides is 1. The number of aryl methyl sites for hydroxylation is 2. The highest BCUT2D eigenvalue weighted by Gasteiger charge is 2.22. The Morgan fingerprint density at radius 1 is 1.33 bits per heavy atom. The van der Waals surface area contributed by atoms with Gasteiger partial charge in [-0.25, -0.2) is 13.6 Å². The number of primary sulfonamides is 1. The number of unbranched alkanes of at least 4 members (excludes halogenated alkanes) is 1. The minimum absolute atomic E-state index is 0.174. The van der Waals surface area contributed by atoms with E-state index < -0.39 is 10.0 Å². The fourth-order valence-electron chi connectivity index (χ4n) is 1.55. The first-order valence-corrected chi connectivity index (χ1v) is 6.54. The van der Waals surface area contributed by atoms with Crippen molar-refractivity contribution in [1.82, 2.24) is 0 Å². The molecule has 0 spiro atoms. The molecule has 2 N–H and O–H groups in total. The van der Waals surface area contributed by atoms with Crippen LogP contribution in [-0.2, 0) is 16.4 Å². The van der Waals surface area contributed by atoms with Crippen molar-refractivity contribution in [1.29, 1.82) is 0 Å². The molecule has 0 aliphatic carbocycles. The molecule has 1 aromatic heterocycles. The highest BCUT2D eigenvalue weighted by atomic mass is 32.2. The van der Waals surface area contributed by atoms with E-state index in [0.717, 1.165) is 12.8 Å². The third kappa shape index (κ3) is 2.60. The van der Waals surface area contributed by atoms with E-state index in [1.165, 1.54) is 0 Å². The second-order valence-electron chi connectivity index (χ2n) is 3.68. The second kappa shape index (κ2) is 4.37. The summed E-state index contributed by atoms with van der Waals surface area (Å²) in [5.74, 6) is 1.12. The summed E-state index contributed by atoms with van der Waals surface area (Å²) in [4.78, 5) is 0.174. The monoisotopic (exact) mass is 231 g/mol. The SMILES string of the molecule is CCCCc1oc(C)c(C)c1S(N)(=O)=O. The van der Waals surface area contributed by atoms with E-state index in [1.54, 1.807) is 13.8 Å². The molecule has 5 heteroatoms. The molecule has 0 atom stereocenters. The first-order valence-electron chi connectivity index (χ1n) is 4.99. The van der Waals surface area contributed by atoms with E-state index in [-0.39, 0.29) is 4.90 Å². The van der Waals surface area contributed by atoms with Gasteiger partial charge < -0.3 is 4.42 Å². The van der Waals surface area contributed by atoms with E-state index in [2.05, 4.69) is 0 Å². The maximum absolute atomic E-state index is 11.4. The van der Waals surface area contributed by atoms with Gasteiger partial charge in [0.25, 0.3) is 0 Å². The standard InChI is InChI=1S/C10H17NO3S/c1-4-5-6-9-10(15(11,12)13)7(2)8(3)14-9/h4-6H2,1-3H3,(H2,11,12,13). The van der Waals surface area contributed by atoms with Crippen molar-refractivity contribution >= 4 is 10.0 Å². The van der Waals surface area contributed by atoms with Crippen molar-refractivity contribution in [3.8, 4) is 0 Å². The van der Waals surface area contributed by atoms with Gasteiger partial charge in [-0.1, -0.05) is 13.3 Å². The normalized spacial score (nSPS) is 12.0. The van der Waals surface area contributed by atoms with E-state index in [4.69, 9.17) is 9.56 Å². The number of furan rings is 1. The second-order valence-corrected chi connectivity index (χ2v) is 5.18. The minimum Gasteiger partial charge on any atom is -0.465 e. The molecule has 0 aromatic carbocycles. The Morgan fingerprint density at radius 2 is 1.93 bits per heavy atom. The van der Waals surface area contributed by atoms with Crippen LogP contribution in [0.15, 0.2) is 9.31 Å². The summed E-state index contributed by atoms with van der Waals surface area (Å²) in [5.41, 5.74) is 0.628. The minimum atomic E-state index is -3.67. The molecular weight excluding hydrogens is 214 g/mol. The van der Waals surface area contributed by atoms with Gasteiger partial charge in [-0.15, -0.1) is 0 Å². The molecular formula is C10H17NO3S. The lowest BCUT2D eigenvalue weighted by atomic mass is 10.2. The van der Waals surface area contributed by atoms with Crippen LogP contribution in [0.1, 0.15) is 36.8 Å². The molecule has 1 rings (SSSR count). The fraction of sp³-hybridized carbons (Fsp3) is 0.600. The quantitative estimate of drug-likeness (QED) is 0.859. The lowest BCUT2D eigenvalue weighted by molar-refractivity contribution is 0.466. The summed E-state index contributed by atoms with van der Waals surface area (Å²) in [6, 6.07) is 0. The summed E-state index contributed by atoms with van der Waals surface area (Å²) >= 11 is 0. The van der Waals surface area contributed by atoms with Crippen LogP contribution in [0, 0.1) is 13.8 Å². The Balaban J connectivity index is 3.22. The van der Waals surface area contributed by atoms with Gasteiger partial charge in [-0.2, -0.15) is 0 Å². The van der Waals surface area contributed by atoms with Crippen molar-refractivity contribution in [2.75, 3.05) is 0 Å². The average molecular weight is 231 g/mol. The molecule has 1 aromatic rings. The zero-order chi connectivity index (χ0) is 11.6. The molecule has 0 amide bonds. The molecule has 0 radical (unpaired) electrons. The summed E-state index contributed by atoms with van der Waals surface area (Å²) < 4.78 is 28.2. The van der Waals surface area contributed by atoms with Crippen LogP contribution in [0.2, 0.25) is 0 Å². The third-order valence-electron chi connectivity index (χ3n) is 2.44. The van der Waals surface area contributed by atoms with Crippen molar-refractivity contribution in [2.24, 2.45) is 5.14 Å². The van der Waals surface area contributed by atoms with Crippen LogP contribution in [0.4, 0.5) is 0 Å². The van der Waals surface area contributed by atoms with Gasteiger partial charge in [0.1, 0.15) is 16.4 Å². The average Bonchev–Trinajstić information content (AvgIpc) is 2.38. The molecule has 0 fully saturated rings. The van der Waals surface area contributed by atoms with Gasteiger partial charge in [0.2, 0.25) is 10.0 Å². The Labute approximate surface area is 90.5 Å². The summed E-state index contributed by atoms with van der Waals surface area (Å²) in [6.07, 6.45) is 2.51. The van der Waals surface area contributed by atoms with E-state index in [0.29, 0.717) is 23.5 Å². The summed E-state index contributed by atoms with van der Waals surface area (Å²) in [6.45, 7) is 5.51. The number of hydrogen-bond acceptors (Lipinski definition) is 3. The highest BCUT2D eigenvalue weighted by Crippen LogP contribution is 2.26. The lowest BCUT2D eigenvalue weighted by Crippen LogP contribution is -2.14. The predicted molar refractivity (Wildman–Crippen MR) is 58.2 cm³/mol. The molecule has 15 heavy (non-hydrogen) atoms. The first kappa shape index (κ1) is 12.3. The third-order valence-corrected chi connectivity index (χ3v) is 3.54. The van der Waals surface area contributed by atoms with Crippen molar-refractivity contribution in [3.05, 3.63) is 17.1 Å². The predicted octanol–water partition coefficient (Wildman–Crippen LogP) is 1.89.